The number of rotatable bonds is 8. The van der Waals surface area contributed by atoms with Crippen molar-refractivity contribution in [3.05, 3.63) is 42.7 Å². The van der Waals surface area contributed by atoms with Crippen molar-refractivity contribution in [2.45, 2.75) is 37.1 Å². The molecule has 1 atom stereocenters. The van der Waals surface area contributed by atoms with Gasteiger partial charge in [0.1, 0.15) is 4.90 Å². The van der Waals surface area contributed by atoms with Crippen molar-refractivity contribution in [3.63, 3.8) is 0 Å². The van der Waals surface area contributed by atoms with Gasteiger partial charge >= 0.3 is 0 Å². The van der Waals surface area contributed by atoms with Gasteiger partial charge in [-0.1, -0.05) is 50.1 Å². The van der Waals surface area contributed by atoms with Crippen molar-refractivity contribution in [1.82, 2.24) is 14.7 Å². The lowest BCUT2D eigenvalue weighted by Gasteiger charge is -2.16. The van der Waals surface area contributed by atoms with Gasteiger partial charge in [0.2, 0.25) is 10.0 Å². The van der Waals surface area contributed by atoms with E-state index < -0.39 is 10.0 Å². The Morgan fingerprint density at radius 3 is 2.33 bits per heavy atom. The summed E-state index contributed by atoms with van der Waals surface area (Å²) in [7, 11) is -3.66. The molecule has 1 heterocycles. The minimum atomic E-state index is -3.66. The Morgan fingerprint density at radius 1 is 1.17 bits per heavy atom. The van der Waals surface area contributed by atoms with Gasteiger partial charge in [-0.15, -0.1) is 12.4 Å². The van der Waals surface area contributed by atoms with Crippen LogP contribution in [0.3, 0.4) is 0 Å². The van der Waals surface area contributed by atoms with Crippen LogP contribution in [0.4, 0.5) is 0 Å². The summed E-state index contributed by atoms with van der Waals surface area (Å²) in [5, 5.41) is 0. The van der Waals surface area contributed by atoms with Gasteiger partial charge in [-0.3, -0.25) is 0 Å². The zero-order chi connectivity index (χ0) is 16.7. The Bertz CT molecular complexity index is 709. The predicted octanol–water partition coefficient (Wildman–Crippen LogP) is 2.36. The van der Waals surface area contributed by atoms with Crippen molar-refractivity contribution < 1.29 is 8.42 Å². The molecule has 0 aliphatic heterocycles. The molecule has 0 amide bonds. The maximum Gasteiger partial charge on any atom is 0.243 e. The van der Waals surface area contributed by atoms with Crippen LogP contribution in [-0.4, -0.2) is 31.0 Å². The Hall–Kier alpha value is -1.54. The van der Waals surface area contributed by atoms with Crippen LogP contribution in [0.25, 0.3) is 11.4 Å². The number of unbranched alkanes of at least 4 members (excludes halogenated alkanes) is 1. The summed E-state index contributed by atoms with van der Waals surface area (Å²) < 4.78 is 27.4. The smallest absolute Gasteiger partial charge is 0.243 e. The van der Waals surface area contributed by atoms with E-state index in [1.807, 2.05) is 30.3 Å². The number of sulfonamides is 1. The monoisotopic (exact) mass is 370 g/mol. The van der Waals surface area contributed by atoms with Gasteiger partial charge in [0.05, 0.1) is 12.4 Å². The van der Waals surface area contributed by atoms with E-state index in [-0.39, 0.29) is 29.9 Å². The standard InChI is InChI=1S/C16H22N4O2S.ClH/c1-2-3-9-14(10-17)20-23(21,22)15-11-18-16(19-12-15)13-7-5-4-6-8-13;/h4-8,11-12,14,20H,2-3,9-10,17H2,1H3;1H. The molecule has 0 saturated heterocycles. The molecule has 0 bridgehead atoms. The Morgan fingerprint density at radius 2 is 1.79 bits per heavy atom. The molecule has 3 N–H and O–H groups in total. The molecule has 1 aromatic heterocycles. The molecule has 24 heavy (non-hydrogen) atoms. The minimum Gasteiger partial charge on any atom is -0.329 e. The van der Waals surface area contributed by atoms with E-state index in [0.717, 1.165) is 24.8 Å². The topological polar surface area (TPSA) is 98.0 Å². The molecule has 0 aliphatic carbocycles. The second-order valence-electron chi connectivity index (χ2n) is 5.30. The molecule has 0 spiro atoms. The molecule has 0 aliphatic rings. The van der Waals surface area contributed by atoms with Gasteiger partial charge in [-0.25, -0.2) is 23.1 Å². The van der Waals surface area contributed by atoms with Gasteiger partial charge in [0.15, 0.2) is 5.82 Å². The van der Waals surface area contributed by atoms with Gasteiger partial charge in [-0.2, -0.15) is 0 Å². The summed E-state index contributed by atoms with van der Waals surface area (Å²) in [6.45, 7) is 2.32. The van der Waals surface area contributed by atoms with Gasteiger partial charge in [0.25, 0.3) is 0 Å². The van der Waals surface area contributed by atoms with Crippen LogP contribution in [0.5, 0.6) is 0 Å². The average molecular weight is 371 g/mol. The Kier molecular flexibility index (Phi) is 8.27. The minimum absolute atomic E-state index is 0. The number of nitrogens with zero attached hydrogens (tertiary/aromatic N) is 2. The Balaban J connectivity index is 0.00000288. The highest BCUT2D eigenvalue weighted by Crippen LogP contribution is 2.15. The summed E-state index contributed by atoms with van der Waals surface area (Å²) in [6, 6.07) is 9.13. The summed E-state index contributed by atoms with van der Waals surface area (Å²) in [5.41, 5.74) is 6.48. The second kappa shape index (κ2) is 9.68. The lowest BCUT2D eigenvalue weighted by molar-refractivity contribution is 0.516. The quantitative estimate of drug-likeness (QED) is 0.743. The number of hydrogen-bond acceptors (Lipinski definition) is 5. The molecule has 0 saturated carbocycles. The van der Waals surface area contributed by atoms with E-state index in [0.29, 0.717) is 5.82 Å². The van der Waals surface area contributed by atoms with Gasteiger partial charge < -0.3 is 5.73 Å². The van der Waals surface area contributed by atoms with E-state index in [9.17, 15) is 8.42 Å². The lowest BCUT2D eigenvalue weighted by Crippen LogP contribution is -2.40. The summed E-state index contributed by atoms with van der Waals surface area (Å²) in [4.78, 5) is 8.35. The van der Waals surface area contributed by atoms with E-state index in [1.54, 1.807) is 0 Å². The first-order valence-corrected chi connectivity index (χ1v) is 9.15. The van der Waals surface area contributed by atoms with Crippen molar-refractivity contribution in [1.29, 1.82) is 0 Å². The van der Waals surface area contributed by atoms with Crippen LogP contribution in [0.2, 0.25) is 0 Å². The fourth-order valence-corrected chi connectivity index (χ4v) is 3.33. The lowest BCUT2D eigenvalue weighted by atomic mass is 10.1. The van der Waals surface area contributed by atoms with Crippen LogP contribution in [0.15, 0.2) is 47.6 Å². The van der Waals surface area contributed by atoms with Crippen molar-refractivity contribution >= 4 is 22.4 Å². The maximum absolute atomic E-state index is 12.4. The highest BCUT2D eigenvalue weighted by atomic mass is 35.5. The number of nitrogens with two attached hydrogens (primary N) is 1. The molecule has 2 rings (SSSR count). The van der Waals surface area contributed by atoms with E-state index >= 15 is 0 Å². The third-order valence-corrected chi connectivity index (χ3v) is 4.96. The molecular formula is C16H23ClN4O2S. The zero-order valence-electron chi connectivity index (χ0n) is 13.6. The first-order chi connectivity index (χ1) is 11.1. The van der Waals surface area contributed by atoms with Crippen molar-refractivity contribution in [2.24, 2.45) is 5.73 Å². The molecule has 132 valence electrons. The first kappa shape index (κ1) is 20.5. The van der Waals surface area contributed by atoms with Crippen LogP contribution in [-0.2, 0) is 10.0 Å². The molecule has 2 aromatic rings. The molecule has 0 radical (unpaired) electrons. The summed E-state index contributed by atoms with van der Waals surface area (Å²) in [6.07, 6.45) is 5.28. The largest absolute Gasteiger partial charge is 0.329 e. The summed E-state index contributed by atoms with van der Waals surface area (Å²) in [5.74, 6) is 0.492. The highest BCUT2D eigenvalue weighted by Gasteiger charge is 2.20. The van der Waals surface area contributed by atoms with Crippen LogP contribution < -0.4 is 10.5 Å². The van der Waals surface area contributed by atoms with Crippen LogP contribution >= 0.6 is 12.4 Å². The molecule has 1 aromatic carbocycles. The number of halogens is 1. The number of aromatic nitrogens is 2. The maximum atomic E-state index is 12.4. The SMILES string of the molecule is CCCCC(CN)NS(=O)(=O)c1cnc(-c2ccccc2)nc1.Cl. The normalized spacial score (nSPS) is 12.4. The fraction of sp³-hybridized carbons (Fsp3) is 0.375. The zero-order valence-corrected chi connectivity index (χ0v) is 15.2. The van der Waals surface area contributed by atoms with Crippen LogP contribution in [0, 0.1) is 0 Å². The predicted molar refractivity (Wildman–Crippen MR) is 97.4 cm³/mol. The number of nitrogens with one attached hydrogen (secondary N) is 1. The Labute approximate surface area is 149 Å². The van der Waals surface area contributed by atoms with E-state index in [2.05, 4.69) is 21.6 Å². The van der Waals surface area contributed by atoms with Crippen molar-refractivity contribution in [3.8, 4) is 11.4 Å². The number of benzene rings is 1. The molecule has 1 unspecified atom stereocenters. The number of hydrogen-bond donors (Lipinski definition) is 2. The second-order valence-corrected chi connectivity index (χ2v) is 7.02. The van der Waals surface area contributed by atoms with Crippen LogP contribution in [0.1, 0.15) is 26.2 Å². The fourth-order valence-electron chi connectivity index (χ4n) is 2.15. The van der Waals surface area contributed by atoms with E-state index in [1.165, 1.54) is 12.4 Å². The molecule has 6 nitrogen and oxygen atoms in total. The molecule has 8 heteroatoms. The molecular weight excluding hydrogens is 348 g/mol. The van der Waals surface area contributed by atoms with E-state index in [4.69, 9.17) is 5.73 Å². The molecule has 0 fully saturated rings. The van der Waals surface area contributed by atoms with Gasteiger partial charge in [0, 0.05) is 18.2 Å². The third-order valence-electron chi connectivity index (χ3n) is 3.48. The van der Waals surface area contributed by atoms with Crippen molar-refractivity contribution in [2.75, 3.05) is 6.54 Å². The average Bonchev–Trinajstić information content (AvgIpc) is 2.59. The van der Waals surface area contributed by atoms with Gasteiger partial charge in [-0.05, 0) is 6.42 Å². The highest BCUT2D eigenvalue weighted by molar-refractivity contribution is 7.89. The third kappa shape index (κ3) is 5.52. The summed E-state index contributed by atoms with van der Waals surface area (Å²) >= 11 is 0. The first-order valence-electron chi connectivity index (χ1n) is 7.66.